The van der Waals surface area contributed by atoms with E-state index in [0.717, 1.165) is 24.8 Å². The number of carbonyl (C=O) groups is 2. The molecule has 0 radical (unpaired) electrons. The Hall–Kier alpha value is -1.80. The van der Waals surface area contributed by atoms with Gasteiger partial charge in [-0.1, -0.05) is 51.1 Å². The van der Waals surface area contributed by atoms with Crippen LogP contribution in [0.5, 0.6) is 0 Å². The molecule has 2 bridgehead atoms. The number of carbonyl (C=O) groups excluding carboxylic acids is 1. The van der Waals surface area contributed by atoms with E-state index >= 15 is 0 Å². The summed E-state index contributed by atoms with van der Waals surface area (Å²) in [5.74, 6) is -0.868. The number of aliphatic carboxylic acids is 1. The van der Waals surface area contributed by atoms with Crippen molar-refractivity contribution in [3.8, 4) is 0 Å². The molecule has 188 valence electrons. The molecule has 7 heteroatoms. The molecule has 0 amide bonds. The highest BCUT2D eigenvalue weighted by molar-refractivity contribution is 6.74. The van der Waals surface area contributed by atoms with Crippen molar-refractivity contribution in [1.29, 1.82) is 0 Å². The van der Waals surface area contributed by atoms with Gasteiger partial charge in [0.1, 0.15) is 0 Å². The van der Waals surface area contributed by atoms with E-state index in [4.69, 9.17) is 13.9 Å². The number of fused-ring (bicyclic) bond motifs is 2. The summed E-state index contributed by atoms with van der Waals surface area (Å²) in [4.78, 5) is 24.3. The van der Waals surface area contributed by atoms with Gasteiger partial charge >= 0.3 is 5.97 Å². The number of benzene rings is 1. The Labute approximate surface area is 204 Å². The summed E-state index contributed by atoms with van der Waals surface area (Å²) >= 11 is 0. The molecule has 0 aromatic heterocycles. The Morgan fingerprint density at radius 3 is 2.56 bits per heavy atom. The molecule has 0 aliphatic carbocycles. The van der Waals surface area contributed by atoms with Gasteiger partial charge in [0.2, 0.25) is 0 Å². The van der Waals surface area contributed by atoms with Crippen LogP contribution in [0.15, 0.2) is 42.5 Å². The zero-order chi connectivity index (χ0) is 25.0. The number of hydrogen-bond donors (Lipinski definition) is 1. The second-order valence-corrected chi connectivity index (χ2v) is 16.0. The van der Waals surface area contributed by atoms with Crippen LogP contribution in [-0.4, -0.2) is 49.6 Å². The summed E-state index contributed by atoms with van der Waals surface area (Å²) in [5.41, 5.74) is 0.664. The average Bonchev–Trinajstić information content (AvgIpc) is 3.30. The van der Waals surface area contributed by atoms with E-state index in [-0.39, 0.29) is 35.7 Å². The fourth-order valence-electron chi connectivity index (χ4n) is 4.63. The minimum absolute atomic E-state index is 0.0595. The van der Waals surface area contributed by atoms with Crippen molar-refractivity contribution in [2.24, 2.45) is 5.92 Å². The lowest BCUT2D eigenvalue weighted by Gasteiger charge is -2.38. The Morgan fingerprint density at radius 1 is 1.24 bits per heavy atom. The van der Waals surface area contributed by atoms with Crippen LogP contribution in [0.3, 0.4) is 0 Å². The van der Waals surface area contributed by atoms with Crippen molar-refractivity contribution in [1.82, 2.24) is 0 Å². The zero-order valence-electron chi connectivity index (χ0n) is 21.2. The molecule has 1 N–H and O–H groups in total. The highest BCUT2D eigenvalue weighted by atomic mass is 28.4. The van der Waals surface area contributed by atoms with Gasteiger partial charge in [0.15, 0.2) is 14.1 Å². The molecule has 0 spiro atoms. The smallest absolute Gasteiger partial charge is 0.305 e. The van der Waals surface area contributed by atoms with Gasteiger partial charge in [0, 0.05) is 12.3 Å². The maximum atomic E-state index is 12.9. The highest BCUT2D eigenvalue weighted by Crippen LogP contribution is 2.49. The molecule has 1 aromatic rings. The summed E-state index contributed by atoms with van der Waals surface area (Å²) in [5, 5.41) is 9.29. The fourth-order valence-corrected chi connectivity index (χ4v) is 5.98. The van der Waals surface area contributed by atoms with E-state index < -0.39 is 26.0 Å². The molecule has 1 aromatic carbocycles. The third kappa shape index (κ3) is 6.87. The molecular weight excluding hydrogens is 448 g/mol. The quantitative estimate of drug-likeness (QED) is 0.308. The number of hydrogen-bond acceptors (Lipinski definition) is 5. The van der Waals surface area contributed by atoms with Crippen LogP contribution in [-0.2, 0) is 30.1 Å². The van der Waals surface area contributed by atoms with Crippen LogP contribution in [0.2, 0.25) is 18.1 Å². The van der Waals surface area contributed by atoms with E-state index in [9.17, 15) is 14.7 Å². The van der Waals surface area contributed by atoms with Crippen molar-refractivity contribution in [3.05, 3.63) is 48.0 Å². The van der Waals surface area contributed by atoms with E-state index in [1.165, 1.54) is 0 Å². The van der Waals surface area contributed by atoms with Gasteiger partial charge in [-0.3, -0.25) is 9.59 Å². The fraction of sp³-hybridized carbons (Fsp3) is 0.630. The second-order valence-electron chi connectivity index (χ2n) is 11.3. The van der Waals surface area contributed by atoms with E-state index in [2.05, 4.69) is 33.9 Å². The minimum Gasteiger partial charge on any atom is -0.481 e. The number of carboxylic acids is 1. The van der Waals surface area contributed by atoms with E-state index in [1.54, 1.807) is 6.08 Å². The first-order valence-electron chi connectivity index (χ1n) is 12.3. The molecular formula is C27H40O6Si. The van der Waals surface area contributed by atoms with Crippen LogP contribution in [0.4, 0.5) is 0 Å². The lowest BCUT2D eigenvalue weighted by atomic mass is 9.78. The van der Waals surface area contributed by atoms with Gasteiger partial charge in [0.05, 0.1) is 37.4 Å². The van der Waals surface area contributed by atoms with Crippen LogP contribution >= 0.6 is 0 Å². The molecule has 2 heterocycles. The second kappa shape index (κ2) is 10.9. The number of allylic oxidation sites excluding steroid dienone is 1. The first-order valence-corrected chi connectivity index (χ1v) is 15.2. The summed E-state index contributed by atoms with van der Waals surface area (Å²) < 4.78 is 18.6. The third-order valence-electron chi connectivity index (χ3n) is 7.56. The van der Waals surface area contributed by atoms with Gasteiger partial charge in [0.25, 0.3) is 0 Å². The molecule has 2 aliphatic rings. The minimum atomic E-state index is -2.20. The van der Waals surface area contributed by atoms with Gasteiger partial charge in [-0.05, 0) is 55.1 Å². The number of carboxylic acid groups (broad SMARTS) is 1. The maximum absolute atomic E-state index is 12.9. The third-order valence-corrected chi connectivity index (χ3v) is 12.1. The van der Waals surface area contributed by atoms with E-state index in [0.29, 0.717) is 13.2 Å². The standard InChI is InChI=1S/C27H40O6Si/c1-26(2,3)34(4,5)33-24(17-25(29)30)16-22(28)11-13-27-14-12-23(32-27)15-21(27)19-31-18-20-9-7-6-8-10-20/h6-11,13,21,23-24H,12,14-19H2,1-5H3,(H,29,30)/b13-11+/t21-,23+,24?,27-/m1/s1. The van der Waals surface area contributed by atoms with Crippen LogP contribution in [0, 0.1) is 5.92 Å². The molecule has 2 aliphatic heterocycles. The predicted molar refractivity (Wildman–Crippen MR) is 134 cm³/mol. The number of ketones is 1. The Kier molecular flexibility index (Phi) is 8.55. The summed E-state index contributed by atoms with van der Waals surface area (Å²) in [6.07, 6.45) is 5.76. The van der Waals surface area contributed by atoms with Crippen molar-refractivity contribution in [3.63, 3.8) is 0 Å². The van der Waals surface area contributed by atoms with Crippen LogP contribution in [0.1, 0.15) is 58.4 Å². The van der Waals surface area contributed by atoms with Crippen molar-refractivity contribution in [2.75, 3.05) is 6.61 Å². The number of ether oxygens (including phenoxy) is 2. The average molecular weight is 489 g/mol. The van der Waals surface area contributed by atoms with E-state index in [1.807, 2.05) is 36.4 Å². The van der Waals surface area contributed by atoms with Crippen LogP contribution < -0.4 is 0 Å². The molecule has 3 rings (SSSR count). The molecule has 2 fully saturated rings. The normalized spacial score (nSPS) is 25.7. The van der Waals surface area contributed by atoms with Crippen LogP contribution in [0.25, 0.3) is 0 Å². The SMILES string of the molecule is CC(C)(C)[Si](C)(C)OC(CC(=O)O)CC(=O)/C=C/[C@@]12CC[C@@H](C[C@@H]1COCc1ccccc1)O2. The van der Waals surface area contributed by atoms with Crippen molar-refractivity contribution >= 4 is 20.1 Å². The summed E-state index contributed by atoms with van der Waals surface area (Å²) in [6, 6.07) is 10.1. The van der Waals surface area contributed by atoms with Gasteiger partial charge in [-0.15, -0.1) is 0 Å². The Balaban J connectivity index is 1.60. The molecule has 1 unspecified atom stereocenters. The molecule has 0 saturated carbocycles. The van der Waals surface area contributed by atoms with Crippen molar-refractivity contribution in [2.45, 2.75) is 95.4 Å². The molecule has 4 atom stereocenters. The first-order chi connectivity index (χ1) is 15.9. The zero-order valence-corrected chi connectivity index (χ0v) is 22.2. The molecule has 34 heavy (non-hydrogen) atoms. The van der Waals surface area contributed by atoms with Crippen molar-refractivity contribution < 1.29 is 28.6 Å². The molecule has 2 saturated heterocycles. The van der Waals surface area contributed by atoms with Gasteiger partial charge < -0.3 is 19.0 Å². The largest absolute Gasteiger partial charge is 0.481 e. The highest BCUT2D eigenvalue weighted by Gasteiger charge is 2.52. The lowest BCUT2D eigenvalue weighted by molar-refractivity contribution is -0.139. The first kappa shape index (κ1) is 26.8. The predicted octanol–water partition coefficient (Wildman–Crippen LogP) is 5.52. The maximum Gasteiger partial charge on any atom is 0.305 e. The van der Waals surface area contributed by atoms with Gasteiger partial charge in [-0.2, -0.15) is 0 Å². The summed E-state index contributed by atoms with van der Waals surface area (Å²) in [7, 11) is -2.20. The topological polar surface area (TPSA) is 82.1 Å². The van der Waals surface area contributed by atoms with Gasteiger partial charge in [-0.25, -0.2) is 0 Å². The Bertz CT molecular complexity index is 875. The number of rotatable bonds is 12. The molecule has 6 nitrogen and oxygen atoms in total. The lowest BCUT2D eigenvalue weighted by Crippen LogP contribution is -2.44. The monoisotopic (exact) mass is 488 g/mol. The summed E-state index contributed by atoms with van der Waals surface area (Å²) in [6.45, 7) is 11.6. The Morgan fingerprint density at radius 2 is 1.94 bits per heavy atom.